The van der Waals surface area contributed by atoms with Crippen LogP contribution in [0.1, 0.15) is 51.0 Å². The molecule has 188 valence electrons. The molecular weight excluding hydrogens is 486 g/mol. The van der Waals surface area contributed by atoms with Crippen molar-refractivity contribution in [3.05, 3.63) is 60.4 Å². The van der Waals surface area contributed by atoms with E-state index in [1.54, 1.807) is 12.4 Å². The summed E-state index contributed by atoms with van der Waals surface area (Å²) in [5.41, 5.74) is 1.50. The summed E-state index contributed by atoms with van der Waals surface area (Å²) >= 11 is 7.15. The molecule has 5 rings (SSSR count). The SMILES string of the molecule is C[C@H]1CCCN(c2cc(Sc3ncccn3)nc(NC(=S)NCC3(c4ccccc4)CCCC3)n2)C1. The third-order valence-corrected chi connectivity index (χ3v) is 8.23. The Kier molecular flexibility index (Phi) is 7.96. The Bertz CT molecular complexity index is 1150. The van der Waals surface area contributed by atoms with Crippen LogP contribution in [0.15, 0.2) is 65.0 Å². The number of aromatic nitrogens is 4. The minimum absolute atomic E-state index is 0.116. The van der Waals surface area contributed by atoms with Gasteiger partial charge < -0.3 is 15.5 Å². The summed E-state index contributed by atoms with van der Waals surface area (Å²) in [6.07, 6.45) is 10.7. The molecule has 2 aliphatic rings. The van der Waals surface area contributed by atoms with Crippen LogP contribution in [0, 0.1) is 5.92 Å². The zero-order valence-electron chi connectivity index (χ0n) is 20.7. The van der Waals surface area contributed by atoms with E-state index in [1.165, 1.54) is 55.9 Å². The maximum Gasteiger partial charge on any atom is 0.232 e. The summed E-state index contributed by atoms with van der Waals surface area (Å²) in [4.78, 5) is 20.6. The molecule has 2 fully saturated rings. The van der Waals surface area contributed by atoms with Gasteiger partial charge in [-0.2, -0.15) is 4.98 Å². The van der Waals surface area contributed by atoms with E-state index in [1.807, 2.05) is 12.1 Å². The highest BCUT2D eigenvalue weighted by Gasteiger charge is 2.35. The molecule has 3 aromatic rings. The summed E-state index contributed by atoms with van der Waals surface area (Å²) in [6, 6.07) is 14.7. The lowest BCUT2D eigenvalue weighted by Crippen LogP contribution is -2.41. The number of nitrogens with one attached hydrogen (secondary N) is 2. The molecule has 1 aromatic carbocycles. The Morgan fingerprint density at radius 3 is 2.61 bits per heavy atom. The van der Waals surface area contributed by atoms with Gasteiger partial charge in [-0.05, 0) is 67.2 Å². The Morgan fingerprint density at radius 2 is 1.86 bits per heavy atom. The quantitative estimate of drug-likeness (QED) is 0.241. The highest BCUT2D eigenvalue weighted by Crippen LogP contribution is 2.40. The molecule has 2 N–H and O–H groups in total. The molecule has 1 saturated carbocycles. The molecule has 0 radical (unpaired) electrons. The number of benzene rings is 1. The highest BCUT2D eigenvalue weighted by atomic mass is 32.2. The number of anilines is 2. The molecule has 1 saturated heterocycles. The van der Waals surface area contributed by atoms with Gasteiger partial charge in [-0.3, -0.25) is 0 Å². The molecule has 0 unspecified atom stereocenters. The molecule has 0 bridgehead atoms. The van der Waals surface area contributed by atoms with Crippen LogP contribution < -0.4 is 15.5 Å². The predicted octanol–water partition coefficient (Wildman–Crippen LogP) is 5.45. The Labute approximate surface area is 222 Å². The van der Waals surface area contributed by atoms with Gasteiger partial charge in [-0.25, -0.2) is 15.0 Å². The molecule has 1 atom stereocenters. The molecule has 2 aromatic heterocycles. The fourth-order valence-electron chi connectivity index (χ4n) is 5.32. The van der Waals surface area contributed by atoms with Gasteiger partial charge in [0.15, 0.2) is 10.3 Å². The van der Waals surface area contributed by atoms with E-state index in [9.17, 15) is 0 Å². The summed E-state index contributed by atoms with van der Waals surface area (Å²) in [5, 5.41) is 8.76. The van der Waals surface area contributed by atoms with E-state index in [2.05, 4.69) is 62.8 Å². The van der Waals surface area contributed by atoms with Gasteiger partial charge >= 0.3 is 0 Å². The summed E-state index contributed by atoms with van der Waals surface area (Å²) in [6.45, 7) is 5.08. The smallest absolute Gasteiger partial charge is 0.232 e. The van der Waals surface area contributed by atoms with Crippen molar-refractivity contribution in [2.45, 2.75) is 61.0 Å². The third kappa shape index (κ3) is 6.13. The number of hydrogen-bond acceptors (Lipinski definition) is 7. The lowest BCUT2D eigenvalue weighted by atomic mass is 9.79. The molecule has 0 amide bonds. The number of rotatable bonds is 7. The van der Waals surface area contributed by atoms with Gasteiger partial charge in [0.2, 0.25) is 5.95 Å². The van der Waals surface area contributed by atoms with E-state index in [4.69, 9.17) is 22.2 Å². The van der Waals surface area contributed by atoms with Gasteiger partial charge in [0, 0.05) is 43.5 Å². The highest BCUT2D eigenvalue weighted by molar-refractivity contribution is 7.99. The molecule has 9 heteroatoms. The number of thiocarbonyl (C=S) groups is 1. The van der Waals surface area contributed by atoms with E-state index in [-0.39, 0.29) is 5.41 Å². The summed E-state index contributed by atoms with van der Waals surface area (Å²) in [7, 11) is 0. The van der Waals surface area contributed by atoms with E-state index in [0.717, 1.165) is 30.5 Å². The second kappa shape index (κ2) is 11.5. The second-order valence-corrected chi connectivity index (χ2v) is 11.3. The Balaban J connectivity index is 1.32. The van der Waals surface area contributed by atoms with Crippen molar-refractivity contribution in [2.75, 3.05) is 29.9 Å². The molecular formula is C27H33N7S2. The van der Waals surface area contributed by atoms with Crippen molar-refractivity contribution in [3.63, 3.8) is 0 Å². The van der Waals surface area contributed by atoms with Crippen LogP contribution in [0.3, 0.4) is 0 Å². The first-order valence-electron chi connectivity index (χ1n) is 12.8. The zero-order chi connectivity index (χ0) is 24.8. The number of hydrogen-bond donors (Lipinski definition) is 2. The van der Waals surface area contributed by atoms with Crippen molar-refractivity contribution in [3.8, 4) is 0 Å². The lowest BCUT2D eigenvalue weighted by Gasteiger charge is -2.32. The molecule has 7 nitrogen and oxygen atoms in total. The van der Waals surface area contributed by atoms with Crippen LogP contribution in [-0.4, -0.2) is 44.7 Å². The van der Waals surface area contributed by atoms with Gasteiger partial charge in [-0.15, -0.1) is 0 Å². The van der Waals surface area contributed by atoms with Crippen molar-refractivity contribution in [1.82, 2.24) is 25.3 Å². The average Bonchev–Trinajstić information content (AvgIpc) is 3.39. The zero-order valence-corrected chi connectivity index (χ0v) is 22.3. The first kappa shape index (κ1) is 24.9. The number of nitrogens with zero attached hydrogens (tertiary/aromatic N) is 5. The van der Waals surface area contributed by atoms with Gasteiger partial charge in [0.05, 0.1) is 0 Å². The Morgan fingerprint density at radius 1 is 1.08 bits per heavy atom. The van der Waals surface area contributed by atoms with Gasteiger partial charge in [0.25, 0.3) is 0 Å². The van der Waals surface area contributed by atoms with Crippen molar-refractivity contribution >= 4 is 40.9 Å². The second-order valence-electron chi connectivity index (χ2n) is 9.88. The van der Waals surface area contributed by atoms with Gasteiger partial charge in [0.1, 0.15) is 10.8 Å². The topological polar surface area (TPSA) is 78.9 Å². The maximum atomic E-state index is 5.71. The Hall–Kier alpha value is -2.78. The molecule has 1 aliphatic carbocycles. The summed E-state index contributed by atoms with van der Waals surface area (Å²) < 4.78 is 0. The van der Waals surface area contributed by atoms with Crippen molar-refractivity contribution in [1.29, 1.82) is 0 Å². The van der Waals surface area contributed by atoms with E-state index in [0.29, 0.717) is 22.1 Å². The van der Waals surface area contributed by atoms with E-state index < -0.39 is 0 Å². The minimum Gasteiger partial charge on any atom is -0.361 e. The maximum absolute atomic E-state index is 5.71. The number of piperidine rings is 1. The summed E-state index contributed by atoms with van der Waals surface area (Å²) in [5.74, 6) is 2.06. The van der Waals surface area contributed by atoms with Crippen molar-refractivity contribution in [2.24, 2.45) is 5.92 Å². The molecule has 0 spiro atoms. The fourth-order valence-corrected chi connectivity index (χ4v) is 6.19. The van der Waals surface area contributed by atoms with Crippen LogP contribution >= 0.6 is 24.0 Å². The monoisotopic (exact) mass is 519 g/mol. The van der Waals surface area contributed by atoms with Crippen LogP contribution in [0.25, 0.3) is 0 Å². The molecule has 36 heavy (non-hydrogen) atoms. The van der Waals surface area contributed by atoms with Crippen LogP contribution in [-0.2, 0) is 5.41 Å². The predicted molar refractivity (Wildman–Crippen MR) is 150 cm³/mol. The largest absolute Gasteiger partial charge is 0.361 e. The van der Waals surface area contributed by atoms with Crippen LogP contribution in [0.4, 0.5) is 11.8 Å². The third-order valence-electron chi connectivity index (χ3n) is 7.17. The first-order valence-corrected chi connectivity index (χ1v) is 14.0. The normalized spacial score (nSPS) is 19.1. The average molecular weight is 520 g/mol. The van der Waals surface area contributed by atoms with Crippen molar-refractivity contribution < 1.29 is 0 Å². The lowest BCUT2D eigenvalue weighted by molar-refractivity contribution is 0.435. The van der Waals surface area contributed by atoms with Gasteiger partial charge in [-0.1, -0.05) is 50.1 Å². The standard InChI is InChI=1S/C27H33N7S2/c1-20-9-7-16-34(18-20)22-17-23(36-26-28-14-8-15-29-26)32-24(31-22)33-25(35)30-19-27(12-5-6-13-27)21-10-3-2-4-11-21/h2-4,8,10-11,14-15,17,20H,5-7,9,12-13,16,18-19H2,1H3,(H2,30,31,32,33,35)/t20-/m0/s1. The molecule has 3 heterocycles. The fraction of sp³-hybridized carbons (Fsp3) is 0.444. The first-order chi connectivity index (χ1) is 17.6. The van der Waals surface area contributed by atoms with Crippen LogP contribution in [0.5, 0.6) is 0 Å². The van der Waals surface area contributed by atoms with Crippen LogP contribution in [0.2, 0.25) is 0 Å². The minimum atomic E-state index is 0.116. The molecule has 1 aliphatic heterocycles. The van der Waals surface area contributed by atoms with E-state index >= 15 is 0 Å².